The second kappa shape index (κ2) is 8.83. The van der Waals surface area contributed by atoms with Crippen LogP contribution in [0.5, 0.6) is 5.75 Å². The molecule has 0 spiro atoms. The molecule has 0 saturated carbocycles. The molecule has 4 heterocycles. The SMILES string of the molecule is Oc1ccc(CCNc2nc(C3CSC4CC=CC=C43)nc3c2ncn3[C@@H]2CCOC2)cc1. The molecule has 3 aromatic rings. The van der Waals surface area contributed by atoms with Gasteiger partial charge in [-0.15, -0.1) is 0 Å². The number of nitrogens with zero attached hydrogens (tertiary/aromatic N) is 4. The second-order valence-corrected chi connectivity index (χ2v) is 10.1. The maximum atomic E-state index is 9.52. The van der Waals surface area contributed by atoms with Crippen LogP contribution in [0.2, 0.25) is 0 Å². The fourth-order valence-electron chi connectivity index (χ4n) is 4.87. The number of aromatic hydroxyl groups is 1. The third-order valence-corrected chi connectivity index (χ3v) is 8.10. The fourth-order valence-corrected chi connectivity index (χ4v) is 6.32. The molecule has 2 unspecified atom stereocenters. The van der Waals surface area contributed by atoms with Crippen molar-refractivity contribution in [2.24, 2.45) is 0 Å². The molecule has 3 aliphatic rings. The first-order valence-corrected chi connectivity index (χ1v) is 12.6. The molecular formula is C25H27N5O2S. The number of anilines is 1. The number of fused-ring (bicyclic) bond motifs is 2. The molecule has 2 aliphatic heterocycles. The van der Waals surface area contributed by atoms with Gasteiger partial charge < -0.3 is 19.7 Å². The number of hydrogen-bond donors (Lipinski definition) is 2. The lowest BCUT2D eigenvalue weighted by Gasteiger charge is -2.18. The molecular weight excluding hydrogens is 434 g/mol. The van der Waals surface area contributed by atoms with E-state index in [4.69, 9.17) is 19.7 Å². The Labute approximate surface area is 197 Å². The average molecular weight is 462 g/mol. The lowest BCUT2D eigenvalue weighted by atomic mass is 9.92. The maximum absolute atomic E-state index is 9.52. The Hall–Kier alpha value is -2.84. The molecule has 2 saturated heterocycles. The van der Waals surface area contributed by atoms with Crippen molar-refractivity contribution in [3.8, 4) is 5.75 Å². The van der Waals surface area contributed by atoms with Gasteiger partial charge in [0.15, 0.2) is 11.5 Å². The first-order valence-electron chi connectivity index (χ1n) is 11.6. The molecule has 33 heavy (non-hydrogen) atoms. The van der Waals surface area contributed by atoms with Gasteiger partial charge in [-0.05, 0) is 42.5 Å². The molecule has 3 atom stereocenters. The molecule has 7 nitrogen and oxygen atoms in total. The van der Waals surface area contributed by atoms with Crippen LogP contribution in [0, 0.1) is 0 Å². The smallest absolute Gasteiger partial charge is 0.166 e. The molecule has 0 amide bonds. The van der Waals surface area contributed by atoms with E-state index in [1.54, 1.807) is 12.1 Å². The highest BCUT2D eigenvalue weighted by Gasteiger charge is 2.35. The number of ether oxygens (including phenoxy) is 1. The number of rotatable bonds is 6. The Morgan fingerprint density at radius 2 is 2.12 bits per heavy atom. The van der Waals surface area contributed by atoms with Gasteiger partial charge >= 0.3 is 0 Å². The third kappa shape index (κ3) is 4.02. The largest absolute Gasteiger partial charge is 0.508 e. The lowest BCUT2D eigenvalue weighted by molar-refractivity contribution is 0.187. The first kappa shape index (κ1) is 20.7. The Balaban J connectivity index is 1.34. The molecule has 0 bridgehead atoms. The second-order valence-electron chi connectivity index (χ2n) is 8.82. The predicted molar refractivity (Wildman–Crippen MR) is 131 cm³/mol. The van der Waals surface area contributed by atoms with E-state index in [-0.39, 0.29) is 17.7 Å². The summed E-state index contributed by atoms with van der Waals surface area (Å²) in [5, 5.41) is 13.6. The zero-order chi connectivity index (χ0) is 22.2. The highest BCUT2D eigenvalue weighted by atomic mass is 32.2. The summed E-state index contributed by atoms with van der Waals surface area (Å²) < 4.78 is 7.81. The van der Waals surface area contributed by atoms with Crippen LogP contribution in [0.3, 0.4) is 0 Å². The van der Waals surface area contributed by atoms with Crippen LogP contribution < -0.4 is 5.32 Å². The molecule has 170 valence electrons. The molecule has 2 N–H and O–H groups in total. The minimum Gasteiger partial charge on any atom is -0.508 e. The van der Waals surface area contributed by atoms with E-state index in [0.29, 0.717) is 11.9 Å². The third-order valence-electron chi connectivity index (χ3n) is 6.71. The monoisotopic (exact) mass is 461 g/mol. The van der Waals surface area contributed by atoms with Crippen molar-refractivity contribution >= 4 is 28.7 Å². The maximum Gasteiger partial charge on any atom is 0.166 e. The Bertz CT molecular complexity index is 1210. The number of allylic oxidation sites excluding steroid dienone is 3. The molecule has 1 aromatic carbocycles. The van der Waals surface area contributed by atoms with E-state index in [0.717, 1.165) is 66.5 Å². The minimum absolute atomic E-state index is 0.232. The molecule has 1 aliphatic carbocycles. The zero-order valence-corrected chi connectivity index (χ0v) is 19.2. The van der Waals surface area contributed by atoms with Crippen molar-refractivity contribution in [3.63, 3.8) is 0 Å². The number of phenolic OH excluding ortho intramolecular Hbond substituents is 1. The normalized spacial score (nSPS) is 24.2. The predicted octanol–water partition coefficient (Wildman–Crippen LogP) is 4.23. The van der Waals surface area contributed by atoms with Gasteiger partial charge in [0.1, 0.15) is 17.1 Å². The van der Waals surface area contributed by atoms with E-state index >= 15 is 0 Å². The van der Waals surface area contributed by atoms with Gasteiger partial charge in [0, 0.05) is 24.2 Å². The van der Waals surface area contributed by atoms with Crippen molar-refractivity contribution in [2.45, 2.75) is 36.5 Å². The number of thioether (sulfide) groups is 1. The quantitative estimate of drug-likeness (QED) is 0.568. The molecule has 0 radical (unpaired) electrons. The van der Waals surface area contributed by atoms with Crippen LogP contribution in [0.15, 0.2) is 54.4 Å². The molecule has 8 heteroatoms. The van der Waals surface area contributed by atoms with Gasteiger partial charge in [0.2, 0.25) is 0 Å². The summed E-state index contributed by atoms with van der Waals surface area (Å²) in [7, 11) is 0. The van der Waals surface area contributed by atoms with Crippen molar-refractivity contribution in [3.05, 3.63) is 65.8 Å². The van der Waals surface area contributed by atoms with Gasteiger partial charge in [0.05, 0.1) is 24.9 Å². The minimum atomic E-state index is 0.232. The number of aromatic nitrogens is 4. The number of imidazole rings is 1. The van der Waals surface area contributed by atoms with Crippen LogP contribution >= 0.6 is 11.8 Å². The van der Waals surface area contributed by atoms with Crippen molar-refractivity contribution in [1.29, 1.82) is 0 Å². The fraction of sp³-hybridized carbons (Fsp3) is 0.400. The van der Waals surface area contributed by atoms with Crippen LogP contribution in [0.1, 0.15) is 36.2 Å². The van der Waals surface area contributed by atoms with Crippen LogP contribution in [0.25, 0.3) is 11.2 Å². The van der Waals surface area contributed by atoms with Gasteiger partial charge in [0.25, 0.3) is 0 Å². The van der Waals surface area contributed by atoms with E-state index in [9.17, 15) is 5.11 Å². The van der Waals surface area contributed by atoms with Crippen LogP contribution in [-0.2, 0) is 11.2 Å². The van der Waals surface area contributed by atoms with Crippen molar-refractivity contribution in [2.75, 3.05) is 30.8 Å². The number of benzene rings is 1. The van der Waals surface area contributed by atoms with Gasteiger partial charge in [-0.3, -0.25) is 0 Å². The Morgan fingerprint density at radius 3 is 2.97 bits per heavy atom. The molecule has 6 rings (SSSR count). The van der Waals surface area contributed by atoms with E-state index in [2.05, 4.69) is 28.1 Å². The Kier molecular flexibility index (Phi) is 5.55. The molecule has 2 aromatic heterocycles. The average Bonchev–Trinajstić information content (AvgIpc) is 3.59. The van der Waals surface area contributed by atoms with Crippen LogP contribution in [-0.4, -0.2) is 55.4 Å². The summed E-state index contributed by atoms with van der Waals surface area (Å²) in [6.07, 6.45) is 11.5. The van der Waals surface area contributed by atoms with Gasteiger partial charge in [-0.2, -0.15) is 11.8 Å². The number of nitrogens with one attached hydrogen (secondary N) is 1. The van der Waals surface area contributed by atoms with E-state index < -0.39 is 0 Å². The summed E-state index contributed by atoms with van der Waals surface area (Å²) in [5.41, 5.74) is 4.31. The summed E-state index contributed by atoms with van der Waals surface area (Å²) in [4.78, 5) is 14.8. The summed E-state index contributed by atoms with van der Waals surface area (Å²) in [5.74, 6) is 3.21. The van der Waals surface area contributed by atoms with E-state index in [1.165, 1.54) is 5.57 Å². The first-order chi connectivity index (χ1) is 16.3. The van der Waals surface area contributed by atoms with Crippen molar-refractivity contribution in [1.82, 2.24) is 19.5 Å². The zero-order valence-electron chi connectivity index (χ0n) is 18.4. The highest BCUT2D eigenvalue weighted by Crippen LogP contribution is 2.45. The highest BCUT2D eigenvalue weighted by molar-refractivity contribution is 8.00. The topological polar surface area (TPSA) is 85.1 Å². The van der Waals surface area contributed by atoms with Crippen molar-refractivity contribution < 1.29 is 9.84 Å². The summed E-state index contributed by atoms with van der Waals surface area (Å²) >= 11 is 2.01. The van der Waals surface area contributed by atoms with Crippen LogP contribution in [0.4, 0.5) is 5.82 Å². The summed E-state index contributed by atoms with van der Waals surface area (Å²) in [6.45, 7) is 2.20. The number of phenols is 1. The Morgan fingerprint density at radius 1 is 1.21 bits per heavy atom. The van der Waals surface area contributed by atoms with Gasteiger partial charge in [-0.25, -0.2) is 15.0 Å². The van der Waals surface area contributed by atoms with Gasteiger partial charge in [-0.1, -0.05) is 30.4 Å². The standard InChI is InChI=1S/C25H27N5O2S/c31-18-7-5-16(6-8-18)9-11-26-24-22-25(30(15-27-22)17-10-12-32-13-17)29-23(28-24)20-14-33-21-4-2-1-3-19(20)21/h1-3,5-8,15,17,20-21,31H,4,9-14H2,(H,26,28,29)/t17-,20?,21?/m1/s1. The summed E-state index contributed by atoms with van der Waals surface area (Å²) in [6, 6.07) is 7.62. The molecule has 2 fully saturated rings. The number of hydrogen-bond acceptors (Lipinski definition) is 7. The van der Waals surface area contributed by atoms with E-state index in [1.807, 2.05) is 30.2 Å². The lowest BCUT2D eigenvalue weighted by Crippen LogP contribution is -2.15.